The zero-order chi connectivity index (χ0) is 12.1. The first-order valence-corrected chi connectivity index (χ1v) is 8.98. The molecule has 0 aliphatic heterocycles. The quantitative estimate of drug-likeness (QED) is 0.395. The maximum Gasteiger partial charge on any atom is 0.333 e. The molecule has 0 atom stereocenters. The van der Waals surface area contributed by atoms with Crippen molar-refractivity contribution in [1.29, 1.82) is 0 Å². The minimum Gasteiger partial charge on any atom is -0.463 e. The molecule has 0 fully saturated rings. The summed E-state index contributed by atoms with van der Waals surface area (Å²) in [6.07, 6.45) is 0. The number of hydrogen-bond donors (Lipinski definition) is 0. The van der Waals surface area contributed by atoms with Crippen LogP contribution in [0.4, 0.5) is 0 Å². The Morgan fingerprint density at radius 1 is 1.40 bits per heavy atom. The third kappa shape index (κ3) is 7.37. The normalized spacial score (nSPS) is 11.6. The van der Waals surface area contributed by atoms with E-state index in [0.717, 1.165) is 12.0 Å². The van der Waals surface area contributed by atoms with Gasteiger partial charge >= 0.3 is 5.97 Å². The van der Waals surface area contributed by atoms with Gasteiger partial charge in [-0.3, -0.25) is 0 Å². The molecule has 88 valence electrons. The predicted molar refractivity (Wildman–Crippen MR) is 67.7 cm³/mol. The summed E-state index contributed by atoms with van der Waals surface area (Å²) in [7, 11) is -1.17. The predicted octanol–water partition coefficient (Wildman–Crippen LogP) is 3.47. The van der Waals surface area contributed by atoms with Crippen LogP contribution in [-0.2, 0) is 9.53 Å². The maximum atomic E-state index is 11.1. The second-order valence-electron chi connectivity index (χ2n) is 5.43. The Balaban J connectivity index is 3.84. The van der Waals surface area contributed by atoms with Crippen molar-refractivity contribution in [2.24, 2.45) is 5.92 Å². The average Bonchev–Trinajstić information content (AvgIpc) is 2.00. The lowest BCUT2D eigenvalue weighted by Crippen LogP contribution is -2.29. The van der Waals surface area contributed by atoms with Gasteiger partial charge in [0.2, 0.25) is 0 Å². The van der Waals surface area contributed by atoms with Gasteiger partial charge in [-0.1, -0.05) is 39.6 Å². The van der Waals surface area contributed by atoms with Gasteiger partial charge in [0.05, 0.1) is 14.7 Å². The van der Waals surface area contributed by atoms with Crippen LogP contribution in [0.25, 0.3) is 0 Å². The van der Waals surface area contributed by atoms with Gasteiger partial charge in [0.15, 0.2) is 0 Å². The van der Waals surface area contributed by atoms with Gasteiger partial charge < -0.3 is 4.74 Å². The van der Waals surface area contributed by atoms with Crippen molar-refractivity contribution in [2.45, 2.75) is 46.0 Å². The smallest absolute Gasteiger partial charge is 0.333 e. The molecule has 0 spiro atoms. The fourth-order valence-electron chi connectivity index (χ4n) is 1.75. The van der Waals surface area contributed by atoms with Crippen LogP contribution < -0.4 is 0 Å². The van der Waals surface area contributed by atoms with Crippen molar-refractivity contribution in [3.8, 4) is 0 Å². The zero-order valence-electron chi connectivity index (χ0n) is 10.7. The molecular weight excluding hydrogens is 204 g/mol. The van der Waals surface area contributed by atoms with Crippen LogP contribution in [0.15, 0.2) is 12.2 Å². The van der Waals surface area contributed by atoms with E-state index in [1.165, 1.54) is 6.04 Å². The van der Waals surface area contributed by atoms with E-state index < -0.39 is 8.07 Å². The Kier molecular flexibility index (Phi) is 5.87. The first-order valence-electron chi connectivity index (χ1n) is 5.57. The van der Waals surface area contributed by atoms with Gasteiger partial charge in [0, 0.05) is 5.57 Å². The van der Waals surface area contributed by atoms with Crippen molar-refractivity contribution < 1.29 is 9.53 Å². The fourth-order valence-corrected chi connectivity index (χ4v) is 4.82. The van der Waals surface area contributed by atoms with E-state index in [1.54, 1.807) is 6.92 Å². The Morgan fingerprint density at radius 3 is 2.33 bits per heavy atom. The largest absolute Gasteiger partial charge is 0.463 e. The van der Waals surface area contributed by atoms with Crippen LogP contribution >= 0.6 is 0 Å². The van der Waals surface area contributed by atoms with E-state index in [1.807, 2.05) is 0 Å². The number of esters is 1. The summed E-state index contributed by atoms with van der Waals surface area (Å²) in [5.74, 6) is 0.479. The standard InChI is InChI=1S/C12H24O2Si/c1-10(2)9-15(5,6)8-7-14-12(13)11(3)4/h10H,3,7-9H2,1-2,4-6H3. The number of carbonyl (C=O) groups excluding carboxylic acids is 1. The summed E-state index contributed by atoms with van der Waals surface area (Å²) >= 11 is 0. The van der Waals surface area contributed by atoms with Crippen molar-refractivity contribution in [1.82, 2.24) is 0 Å². The summed E-state index contributed by atoms with van der Waals surface area (Å²) in [6.45, 7) is 15.0. The maximum absolute atomic E-state index is 11.1. The molecule has 0 unspecified atom stereocenters. The monoisotopic (exact) mass is 228 g/mol. The van der Waals surface area contributed by atoms with Crippen LogP contribution in [0.2, 0.25) is 25.2 Å². The molecule has 3 heteroatoms. The molecule has 0 saturated carbocycles. The second kappa shape index (κ2) is 6.11. The Morgan fingerprint density at radius 2 is 1.93 bits per heavy atom. The molecule has 0 aromatic carbocycles. The molecule has 0 bridgehead atoms. The van der Waals surface area contributed by atoms with Crippen molar-refractivity contribution in [2.75, 3.05) is 6.61 Å². The van der Waals surface area contributed by atoms with Gasteiger partial charge in [-0.05, 0) is 18.9 Å². The molecule has 0 aliphatic carbocycles. The molecule has 0 radical (unpaired) electrons. The molecule has 0 aromatic heterocycles. The Labute approximate surface area is 94.7 Å². The lowest BCUT2D eigenvalue weighted by molar-refractivity contribution is -0.138. The van der Waals surface area contributed by atoms with Gasteiger partial charge in [-0.15, -0.1) is 0 Å². The molecule has 2 nitrogen and oxygen atoms in total. The summed E-state index contributed by atoms with van der Waals surface area (Å²) < 4.78 is 5.12. The highest BCUT2D eigenvalue weighted by Crippen LogP contribution is 2.20. The van der Waals surface area contributed by atoms with Crippen molar-refractivity contribution >= 4 is 14.0 Å². The molecular formula is C12H24O2Si. The van der Waals surface area contributed by atoms with E-state index in [4.69, 9.17) is 4.74 Å². The molecule has 0 amide bonds. The van der Waals surface area contributed by atoms with Gasteiger partial charge in [-0.2, -0.15) is 0 Å². The highest BCUT2D eigenvalue weighted by atomic mass is 28.3. The summed E-state index contributed by atoms with van der Waals surface area (Å²) in [6, 6.07) is 2.34. The van der Waals surface area contributed by atoms with Crippen molar-refractivity contribution in [3.05, 3.63) is 12.2 Å². The summed E-state index contributed by atoms with van der Waals surface area (Å²) in [5.41, 5.74) is 0.485. The molecule has 0 aliphatic rings. The third-order valence-corrected chi connectivity index (χ3v) is 5.80. The highest BCUT2D eigenvalue weighted by Gasteiger charge is 2.22. The minimum atomic E-state index is -1.17. The molecule has 0 saturated heterocycles. The molecule has 0 N–H and O–H groups in total. The van der Waals surface area contributed by atoms with Gasteiger partial charge in [-0.25, -0.2) is 4.79 Å². The van der Waals surface area contributed by atoms with E-state index >= 15 is 0 Å². The number of rotatable bonds is 6. The summed E-state index contributed by atoms with van der Waals surface area (Å²) in [4.78, 5) is 11.1. The van der Waals surface area contributed by atoms with E-state index in [0.29, 0.717) is 12.2 Å². The van der Waals surface area contributed by atoms with Crippen LogP contribution in [0, 0.1) is 5.92 Å². The first kappa shape index (κ1) is 14.4. The minimum absolute atomic E-state index is 0.260. The van der Waals surface area contributed by atoms with E-state index in [2.05, 4.69) is 33.5 Å². The van der Waals surface area contributed by atoms with E-state index in [9.17, 15) is 4.79 Å². The third-order valence-electron chi connectivity index (χ3n) is 2.32. The first-order chi connectivity index (χ1) is 6.74. The number of hydrogen-bond acceptors (Lipinski definition) is 2. The van der Waals surface area contributed by atoms with Gasteiger partial charge in [0.25, 0.3) is 0 Å². The molecule has 0 heterocycles. The lowest BCUT2D eigenvalue weighted by Gasteiger charge is -2.24. The average molecular weight is 228 g/mol. The van der Waals surface area contributed by atoms with Crippen LogP contribution in [0.1, 0.15) is 20.8 Å². The number of ether oxygens (including phenoxy) is 1. The summed E-state index contributed by atoms with van der Waals surface area (Å²) in [5, 5.41) is 0. The Hall–Kier alpha value is -0.573. The second-order valence-corrected chi connectivity index (χ2v) is 10.7. The topological polar surface area (TPSA) is 26.3 Å². The lowest BCUT2D eigenvalue weighted by atomic mass is 10.3. The zero-order valence-corrected chi connectivity index (χ0v) is 11.7. The highest BCUT2D eigenvalue weighted by molar-refractivity contribution is 6.77. The van der Waals surface area contributed by atoms with Crippen LogP contribution in [0.5, 0.6) is 0 Å². The molecule has 0 aromatic rings. The SMILES string of the molecule is C=C(C)C(=O)OCC[Si](C)(C)CC(C)C. The van der Waals surface area contributed by atoms with Crippen LogP contribution in [-0.4, -0.2) is 20.7 Å². The van der Waals surface area contributed by atoms with Crippen molar-refractivity contribution in [3.63, 3.8) is 0 Å². The molecule has 0 rings (SSSR count). The fraction of sp³-hybridized carbons (Fsp3) is 0.750. The van der Waals surface area contributed by atoms with Gasteiger partial charge in [0.1, 0.15) is 0 Å². The number of carbonyl (C=O) groups is 1. The molecule has 15 heavy (non-hydrogen) atoms. The Bertz CT molecular complexity index is 232. The van der Waals surface area contributed by atoms with Crippen LogP contribution in [0.3, 0.4) is 0 Å². The van der Waals surface area contributed by atoms with E-state index in [-0.39, 0.29) is 5.97 Å².